The van der Waals surface area contributed by atoms with Crippen LogP contribution < -0.4 is 0 Å². The molecule has 0 saturated carbocycles. The van der Waals surface area contributed by atoms with Crippen molar-refractivity contribution < 1.29 is 33.9 Å². The molecule has 3 aliphatic heterocycles. The molecule has 0 unspecified atom stereocenters. The first kappa shape index (κ1) is 14.6. The normalized spacial score (nSPS) is 49.5. The molecular formula is C13H22O7. The Labute approximate surface area is 117 Å². The van der Waals surface area contributed by atoms with Crippen LogP contribution in [0.15, 0.2) is 0 Å². The van der Waals surface area contributed by atoms with E-state index in [1.165, 1.54) is 0 Å². The summed E-state index contributed by atoms with van der Waals surface area (Å²) in [5.74, 6) is -1.59. The van der Waals surface area contributed by atoms with Crippen LogP contribution in [0.5, 0.6) is 0 Å². The van der Waals surface area contributed by atoms with Gasteiger partial charge in [0.15, 0.2) is 23.5 Å². The van der Waals surface area contributed by atoms with E-state index in [0.717, 1.165) is 0 Å². The summed E-state index contributed by atoms with van der Waals surface area (Å²) in [7, 11) is 0. The predicted molar refractivity (Wildman–Crippen MR) is 65.6 cm³/mol. The monoisotopic (exact) mass is 290 g/mol. The molecule has 3 heterocycles. The van der Waals surface area contributed by atoms with Crippen LogP contribution in [0.2, 0.25) is 0 Å². The Morgan fingerprint density at radius 2 is 1.80 bits per heavy atom. The SMILES string of the molecule is CC1(C)OC[C@H]([C@H]2O[C@@H](O)[C@@]3(CO)OC(C)(C)O[C@@H]23)O1. The highest BCUT2D eigenvalue weighted by Crippen LogP contribution is 2.48. The summed E-state index contributed by atoms with van der Waals surface area (Å²) in [6.45, 7) is 7.05. The molecule has 0 aromatic carbocycles. The molecule has 20 heavy (non-hydrogen) atoms. The average Bonchev–Trinajstić information content (AvgIpc) is 2.90. The lowest BCUT2D eigenvalue weighted by Crippen LogP contribution is -2.51. The number of fused-ring (bicyclic) bond motifs is 1. The Morgan fingerprint density at radius 1 is 1.10 bits per heavy atom. The van der Waals surface area contributed by atoms with Crippen molar-refractivity contribution in [2.75, 3.05) is 13.2 Å². The Kier molecular flexibility index (Phi) is 3.19. The maximum Gasteiger partial charge on any atom is 0.189 e. The molecule has 0 spiro atoms. The fraction of sp³-hybridized carbons (Fsp3) is 1.00. The largest absolute Gasteiger partial charge is 0.393 e. The lowest BCUT2D eigenvalue weighted by Gasteiger charge is -2.27. The van der Waals surface area contributed by atoms with Gasteiger partial charge in [0.25, 0.3) is 0 Å². The van der Waals surface area contributed by atoms with Crippen LogP contribution in [0, 0.1) is 0 Å². The lowest BCUT2D eigenvalue weighted by molar-refractivity contribution is -0.261. The van der Waals surface area contributed by atoms with Crippen LogP contribution in [0.25, 0.3) is 0 Å². The van der Waals surface area contributed by atoms with Crippen LogP contribution in [0.1, 0.15) is 27.7 Å². The zero-order valence-corrected chi connectivity index (χ0v) is 12.2. The molecule has 0 aliphatic carbocycles. The molecule has 3 aliphatic rings. The first-order valence-electron chi connectivity index (χ1n) is 6.83. The highest BCUT2D eigenvalue weighted by Gasteiger charge is 2.68. The van der Waals surface area contributed by atoms with Gasteiger partial charge in [-0.2, -0.15) is 0 Å². The van der Waals surface area contributed by atoms with Crippen molar-refractivity contribution in [2.45, 2.75) is 69.5 Å². The number of hydrogen-bond donors (Lipinski definition) is 2. The topological polar surface area (TPSA) is 86.6 Å². The minimum absolute atomic E-state index is 0.339. The Balaban J connectivity index is 1.85. The quantitative estimate of drug-likeness (QED) is 0.724. The molecule has 3 saturated heterocycles. The van der Waals surface area contributed by atoms with Gasteiger partial charge < -0.3 is 33.9 Å². The van der Waals surface area contributed by atoms with Gasteiger partial charge in [0.05, 0.1) is 13.2 Å². The zero-order chi connectivity index (χ0) is 14.8. The maximum atomic E-state index is 10.2. The van der Waals surface area contributed by atoms with Gasteiger partial charge in [0.2, 0.25) is 0 Å². The number of hydrogen-bond acceptors (Lipinski definition) is 7. The van der Waals surface area contributed by atoms with Gasteiger partial charge in [-0.3, -0.25) is 0 Å². The summed E-state index contributed by atoms with van der Waals surface area (Å²) < 4.78 is 28.4. The Bertz CT molecular complexity index is 396. The first-order chi connectivity index (χ1) is 9.19. The number of rotatable bonds is 2. The van der Waals surface area contributed by atoms with Crippen molar-refractivity contribution in [3.8, 4) is 0 Å². The molecule has 0 bridgehead atoms. The predicted octanol–water partition coefficient (Wildman–Crippen LogP) is -0.262. The first-order valence-corrected chi connectivity index (χ1v) is 6.83. The van der Waals surface area contributed by atoms with Gasteiger partial charge in [-0.05, 0) is 27.7 Å². The Morgan fingerprint density at radius 3 is 2.35 bits per heavy atom. The summed E-state index contributed by atoms with van der Waals surface area (Å²) >= 11 is 0. The van der Waals surface area contributed by atoms with Crippen LogP contribution in [-0.4, -0.2) is 65.2 Å². The van der Waals surface area contributed by atoms with E-state index < -0.39 is 42.3 Å². The summed E-state index contributed by atoms with van der Waals surface area (Å²) in [4.78, 5) is 0. The third-order valence-corrected chi connectivity index (χ3v) is 3.97. The second kappa shape index (κ2) is 4.36. The fourth-order valence-corrected chi connectivity index (χ4v) is 3.18. The van der Waals surface area contributed by atoms with Crippen LogP contribution >= 0.6 is 0 Å². The average molecular weight is 290 g/mol. The van der Waals surface area contributed by atoms with Gasteiger partial charge in [-0.25, -0.2) is 0 Å². The molecule has 7 nitrogen and oxygen atoms in total. The van der Waals surface area contributed by atoms with Crippen molar-refractivity contribution in [3.63, 3.8) is 0 Å². The van der Waals surface area contributed by atoms with Crippen LogP contribution in [0.4, 0.5) is 0 Å². The maximum absolute atomic E-state index is 10.2. The second-order valence-electron chi connectivity index (χ2n) is 6.47. The van der Waals surface area contributed by atoms with Crippen molar-refractivity contribution in [2.24, 2.45) is 0 Å². The minimum Gasteiger partial charge on any atom is -0.393 e. The molecule has 116 valence electrons. The Hall–Kier alpha value is -0.280. The van der Waals surface area contributed by atoms with E-state index in [2.05, 4.69) is 0 Å². The molecular weight excluding hydrogens is 268 g/mol. The van der Waals surface area contributed by atoms with Gasteiger partial charge in [-0.1, -0.05) is 0 Å². The van der Waals surface area contributed by atoms with Gasteiger partial charge in [0, 0.05) is 0 Å². The van der Waals surface area contributed by atoms with Gasteiger partial charge >= 0.3 is 0 Å². The van der Waals surface area contributed by atoms with E-state index in [-0.39, 0.29) is 6.10 Å². The molecule has 0 amide bonds. The molecule has 0 aromatic rings. The molecule has 3 rings (SSSR count). The molecule has 0 radical (unpaired) electrons. The van der Waals surface area contributed by atoms with E-state index in [9.17, 15) is 10.2 Å². The van der Waals surface area contributed by atoms with Gasteiger partial charge in [0.1, 0.15) is 18.3 Å². The number of aliphatic hydroxyl groups excluding tert-OH is 2. The lowest BCUT2D eigenvalue weighted by atomic mass is 9.94. The number of aliphatic hydroxyl groups is 2. The van der Waals surface area contributed by atoms with Crippen molar-refractivity contribution in [3.05, 3.63) is 0 Å². The van der Waals surface area contributed by atoms with Crippen molar-refractivity contribution in [1.82, 2.24) is 0 Å². The van der Waals surface area contributed by atoms with Gasteiger partial charge in [-0.15, -0.1) is 0 Å². The van der Waals surface area contributed by atoms with E-state index in [0.29, 0.717) is 6.61 Å². The summed E-state index contributed by atoms with van der Waals surface area (Å²) in [6.07, 6.45) is -2.81. The van der Waals surface area contributed by atoms with Crippen LogP contribution in [0.3, 0.4) is 0 Å². The van der Waals surface area contributed by atoms with E-state index in [4.69, 9.17) is 23.7 Å². The highest BCUT2D eigenvalue weighted by molar-refractivity contribution is 5.09. The summed E-state index contributed by atoms with van der Waals surface area (Å²) in [5.41, 5.74) is -1.27. The zero-order valence-electron chi connectivity index (χ0n) is 12.2. The highest BCUT2D eigenvalue weighted by atomic mass is 16.8. The molecule has 3 fully saturated rings. The molecule has 5 atom stereocenters. The second-order valence-corrected chi connectivity index (χ2v) is 6.47. The minimum atomic E-state index is -1.27. The molecule has 2 N–H and O–H groups in total. The molecule has 0 aromatic heterocycles. The van der Waals surface area contributed by atoms with E-state index in [1.54, 1.807) is 13.8 Å². The smallest absolute Gasteiger partial charge is 0.189 e. The summed E-state index contributed by atoms with van der Waals surface area (Å²) in [5, 5.41) is 19.8. The summed E-state index contributed by atoms with van der Waals surface area (Å²) in [6, 6.07) is 0. The van der Waals surface area contributed by atoms with Crippen molar-refractivity contribution in [1.29, 1.82) is 0 Å². The molecule has 7 heteroatoms. The van der Waals surface area contributed by atoms with E-state index >= 15 is 0 Å². The van der Waals surface area contributed by atoms with Crippen molar-refractivity contribution >= 4 is 0 Å². The van der Waals surface area contributed by atoms with Crippen LogP contribution in [-0.2, 0) is 23.7 Å². The van der Waals surface area contributed by atoms with E-state index in [1.807, 2.05) is 13.8 Å². The standard InChI is InChI=1S/C13H22O7/c1-11(2)16-5-7(18-11)8-9-13(6-14,10(15)17-8)20-12(3,4)19-9/h7-10,14-15H,5-6H2,1-4H3/t7-,8-,9+,10-,13+/m1/s1. The fourth-order valence-electron chi connectivity index (χ4n) is 3.18. The number of ether oxygens (including phenoxy) is 5. The third-order valence-electron chi connectivity index (χ3n) is 3.97. The third kappa shape index (κ3) is 2.09.